The number of hydrogen-bond donors (Lipinski definition) is 3. The van der Waals surface area contributed by atoms with Crippen molar-refractivity contribution in [2.24, 2.45) is 5.41 Å². The van der Waals surface area contributed by atoms with E-state index in [9.17, 15) is 19.5 Å². The Kier molecular flexibility index (Phi) is 5.64. The maximum absolute atomic E-state index is 12.9. The number of carbonyl (C=O) groups is 3. The zero-order chi connectivity index (χ0) is 23.8. The summed E-state index contributed by atoms with van der Waals surface area (Å²) in [6, 6.07) is 18.4. The fraction of sp³-hybridized carbons (Fsp3) is 0.192. The van der Waals surface area contributed by atoms with E-state index in [2.05, 4.69) is 10.6 Å². The molecular formula is C26H24N2O5. The lowest BCUT2D eigenvalue weighted by Gasteiger charge is -2.19. The summed E-state index contributed by atoms with van der Waals surface area (Å²) in [5.74, 6) is -2.00. The minimum Gasteiger partial charge on any atom is -0.507 e. The number of imide groups is 1. The quantitative estimate of drug-likeness (QED) is 0.406. The first-order valence-corrected chi connectivity index (χ1v) is 10.5. The van der Waals surface area contributed by atoms with Crippen LogP contribution in [0.4, 0.5) is 4.79 Å². The molecule has 4 rings (SSSR count). The molecule has 0 spiro atoms. The van der Waals surface area contributed by atoms with E-state index >= 15 is 0 Å². The van der Waals surface area contributed by atoms with Crippen molar-refractivity contribution < 1.29 is 24.2 Å². The number of phenolic OH excluding ortho intramolecular Hbond substituents is 1. The monoisotopic (exact) mass is 444 g/mol. The molecule has 3 aromatic rings. The summed E-state index contributed by atoms with van der Waals surface area (Å²) < 4.78 is 5.33. The number of hydrogen-bond acceptors (Lipinski definition) is 5. The summed E-state index contributed by atoms with van der Waals surface area (Å²) in [5, 5.41) is 15.3. The molecule has 3 N–H and O–H groups in total. The predicted octanol–water partition coefficient (Wildman–Crippen LogP) is 4.55. The summed E-state index contributed by atoms with van der Waals surface area (Å²) in [6.45, 7) is 5.01. The van der Waals surface area contributed by atoms with E-state index in [1.165, 1.54) is 18.2 Å². The second-order valence-electron chi connectivity index (χ2n) is 8.82. The normalized spacial score (nSPS) is 12.5. The fourth-order valence-corrected chi connectivity index (χ4v) is 3.73. The lowest BCUT2D eigenvalue weighted by molar-refractivity contribution is -0.143. The van der Waals surface area contributed by atoms with Gasteiger partial charge in [0.15, 0.2) is 0 Å². The zero-order valence-corrected chi connectivity index (χ0v) is 18.5. The molecule has 0 bridgehead atoms. The number of aromatic hydroxyl groups is 1. The molecule has 0 fully saturated rings. The van der Waals surface area contributed by atoms with Crippen LogP contribution in [0.15, 0.2) is 66.7 Å². The number of ether oxygens (including phenoxy) is 1. The number of carbonyl (C=O) groups excluding carboxylic acids is 3. The Morgan fingerprint density at radius 2 is 1.42 bits per heavy atom. The summed E-state index contributed by atoms with van der Waals surface area (Å²) >= 11 is 0. The molecule has 0 radical (unpaired) electrons. The van der Waals surface area contributed by atoms with Gasteiger partial charge in [-0.15, -0.1) is 0 Å². The smallest absolute Gasteiger partial charge is 0.322 e. The standard InChI is InChI=1S/C26H24N2O5/c1-26(2,3)24(31)33-20-14-8-13-19(29)21(20)23(30)28-25(32)27-22-17-11-6-4-9-15(17)16-10-5-7-12-18(16)22/h4-14,22,29H,1-3H3,(H2,27,28,30,32). The van der Waals surface area contributed by atoms with E-state index in [0.29, 0.717) is 0 Å². The molecule has 0 atom stereocenters. The molecule has 1 aliphatic rings. The van der Waals surface area contributed by atoms with E-state index in [0.717, 1.165) is 22.3 Å². The van der Waals surface area contributed by atoms with Crippen molar-refractivity contribution in [1.29, 1.82) is 0 Å². The Morgan fingerprint density at radius 3 is 2.00 bits per heavy atom. The van der Waals surface area contributed by atoms with Gasteiger partial charge in [0.2, 0.25) is 0 Å². The molecular weight excluding hydrogens is 420 g/mol. The number of benzene rings is 3. The number of urea groups is 1. The van der Waals surface area contributed by atoms with Crippen LogP contribution in [0.2, 0.25) is 0 Å². The lowest BCUT2D eigenvalue weighted by atomic mass is 9.97. The number of rotatable bonds is 3. The minimum atomic E-state index is -0.887. The molecule has 7 nitrogen and oxygen atoms in total. The van der Waals surface area contributed by atoms with Crippen molar-refractivity contribution in [2.45, 2.75) is 26.8 Å². The van der Waals surface area contributed by atoms with Gasteiger partial charge in [0, 0.05) is 0 Å². The second-order valence-corrected chi connectivity index (χ2v) is 8.82. The van der Waals surface area contributed by atoms with Crippen LogP contribution < -0.4 is 15.4 Å². The van der Waals surface area contributed by atoms with E-state index in [1.807, 2.05) is 48.5 Å². The highest BCUT2D eigenvalue weighted by Gasteiger charge is 2.31. The molecule has 3 aromatic carbocycles. The molecule has 0 unspecified atom stereocenters. The van der Waals surface area contributed by atoms with E-state index < -0.39 is 35.1 Å². The maximum Gasteiger partial charge on any atom is 0.322 e. The van der Waals surface area contributed by atoms with Crippen LogP contribution in [0.1, 0.15) is 48.3 Å². The van der Waals surface area contributed by atoms with Gasteiger partial charge in [-0.2, -0.15) is 0 Å². The van der Waals surface area contributed by atoms with Gasteiger partial charge in [-0.25, -0.2) is 4.79 Å². The van der Waals surface area contributed by atoms with Gasteiger partial charge in [-0.3, -0.25) is 14.9 Å². The number of amides is 3. The Labute approximate surface area is 191 Å². The fourth-order valence-electron chi connectivity index (χ4n) is 3.73. The highest BCUT2D eigenvalue weighted by atomic mass is 16.5. The zero-order valence-electron chi connectivity index (χ0n) is 18.5. The molecule has 168 valence electrons. The van der Waals surface area contributed by atoms with Gasteiger partial charge >= 0.3 is 12.0 Å². The summed E-state index contributed by atoms with van der Waals surface area (Å²) in [7, 11) is 0. The minimum absolute atomic E-state index is 0.128. The average Bonchev–Trinajstić information content (AvgIpc) is 3.07. The lowest BCUT2D eigenvalue weighted by Crippen LogP contribution is -2.41. The molecule has 1 aliphatic carbocycles. The van der Waals surface area contributed by atoms with Crippen LogP contribution in [-0.4, -0.2) is 23.0 Å². The highest BCUT2D eigenvalue weighted by Crippen LogP contribution is 2.43. The molecule has 0 aromatic heterocycles. The van der Waals surface area contributed by atoms with Crippen LogP contribution in [0.25, 0.3) is 11.1 Å². The van der Waals surface area contributed by atoms with Crippen molar-refractivity contribution in [1.82, 2.24) is 10.6 Å². The maximum atomic E-state index is 12.9. The summed E-state index contributed by atoms with van der Waals surface area (Å²) in [6.07, 6.45) is 0. The van der Waals surface area contributed by atoms with Gasteiger partial charge in [0.05, 0.1) is 11.5 Å². The second kappa shape index (κ2) is 8.43. The van der Waals surface area contributed by atoms with Gasteiger partial charge in [-0.1, -0.05) is 54.6 Å². The Hall–Kier alpha value is -4.13. The van der Waals surface area contributed by atoms with Crippen molar-refractivity contribution in [3.8, 4) is 22.6 Å². The molecule has 0 aliphatic heterocycles. The molecule has 0 saturated heterocycles. The molecule has 33 heavy (non-hydrogen) atoms. The third kappa shape index (κ3) is 4.30. The van der Waals surface area contributed by atoms with Gasteiger partial charge in [0.1, 0.15) is 17.1 Å². The number of nitrogens with one attached hydrogen (secondary N) is 2. The Balaban J connectivity index is 1.55. The van der Waals surface area contributed by atoms with E-state index in [4.69, 9.17) is 4.74 Å². The first-order valence-electron chi connectivity index (χ1n) is 10.5. The third-order valence-electron chi connectivity index (χ3n) is 5.38. The Bertz CT molecular complexity index is 1210. The van der Waals surface area contributed by atoms with E-state index in [1.54, 1.807) is 20.8 Å². The Morgan fingerprint density at radius 1 is 0.848 bits per heavy atom. The van der Waals surface area contributed by atoms with Crippen molar-refractivity contribution >= 4 is 17.9 Å². The first-order chi connectivity index (χ1) is 15.7. The van der Waals surface area contributed by atoms with Gasteiger partial charge < -0.3 is 15.2 Å². The van der Waals surface area contributed by atoms with Crippen LogP contribution >= 0.6 is 0 Å². The largest absolute Gasteiger partial charge is 0.507 e. The van der Waals surface area contributed by atoms with Crippen LogP contribution in [0.5, 0.6) is 11.5 Å². The van der Waals surface area contributed by atoms with Gasteiger partial charge in [0.25, 0.3) is 5.91 Å². The van der Waals surface area contributed by atoms with Crippen molar-refractivity contribution in [2.75, 3.05) is 0 Å². The highest BCUT2D eigenvalue weighted by molar-refractivity contribution is 6.08. The number of esters is 1. The third-order valence-corrected chi connectivity index (χ3v) is 5.38. The number of phenols is 1. The molecule has 3 amide bonds. The van der Waals surface area contributed by atoms with Crippen LogP contribution in [0, 0.1) is 5.41 Å². The molecule has 7 heteroatoms. The topological polar surface area (TPSA) is 105 Å². The van der Waals surface area contributed by atoms with E-state index in [-0.39, 0.29) is 11.3 Å². The predicted molar refractivity (Wildman–Crippen MR) is 123 cm³/mol. The molecule has 0 saturated carbocycles. The van der Waals surface area contributed by atoms with Crippen molar-refractivity contribution in [3.63, 3.8) is 0 Å². The summed E-state index contributed by atoms with van der Waals surface area (Å²) in [4.78, 5) is 37.9. The SMILES string of the molecule is CC(C)(C)C(=O)Oc1cccc(O)c1C(=O)NC(=O)NC1c2ccccc2-c2ccccc21. The van der Waals surface area contributed by atoms with Gasteiger partial charge in [-0.05, 0) is 55.2 Å². The van der Waals surface area contributed by atoms with Crippen LogP contribution in [0.3, 0.4) is 0 Å². The van der Waals surface area contributed by atoms with Crippen molar-refractivity contribution in [3.05, 3.63) is 83.4 Å². The first kappa shape index (κ1) is 22.1. The average molecular weight is 444 g/mol. The van der Waals surface area contributed by atoms with Crippen LogP contribution in [-0.2, 0) is 4.79 Å². The summed E-state index contributed by atoms with van der Waals surface area (Å²) in [5.41, 5.74) is 2.76. The number of fused-ring (bicyclic) bond motifs is 3. The molecule has 0 heterocycles.